The van der Waals surface area contributed by atoms with Gasteiger partial charge in [-0.05, 0) is 31.7 Å². The average Bonchev–Trinajstić information content (AvgIpc) is 2.33. The number of hydrogen-bond acceptors (Lipinski definition) is 2. The zero-order valence-corrected chi connectivity index (χ0v) is 11.1. The normalized spacial score (nSPS) is 34.8. The number of nitrogens with two attached hydrogens (primary N) is 1. The van der Waals surface area contributed by atoms with Crippen molar-refractivity contribution in [3.63, 3.8) is 0 Å². The van der Waals surface area contributed by atoms with Crippen molar-refractivity contribution >= 4 is 0 Å². The molecule has 1 aliphatic rings. The van der Waals surface area contributed by atoms with Gasteiger partial charge in [0.25, 0.3) is 0 Å². The van der Waals surface area contributed by atoms with Gasteiger partial charge in [-0.25, -0.2) is 0 Å². The van der Waals surface area contributed by atoms with Crippen molar-refractivity contribution in [1.82, 2.24) is 4.90 Å². The molecule has 0 aliphatic carbocycles. The highest BCUT2D eigenvalue weighted by molar-refractivity contribution is 5.15. The molecule has 0 radical (unpaired) electrons. The van der Waals surface area contributed by atoms with Crippen LogP contribution in [0.2, 0.25) is 0 Å². The Morgan fingerprint density at radius 3 is 2.47 bits per heavy atom. The van der Waals surface area contributed by atoms with E-state index >= 15 is 0 Å². The molecule has 2 N–H and O–H groups in total. The van der Waals surface area contributed by atoms with Gasteiger partial charge in [0, 0.05) is 24.7 Å². The lowest BCUT2D eigenvalue weighted by Gasteiger charge is -2.45. The van der Waals surface area contributed by atoms with Crippen LogP contribution >= 0.6 is 0 Å². The van der Waals surface area contributed by atoms with Gasteiger partial charge in [0.2, 0.25) is 0 Å². The Morgan fingerprint density at radius 2 is 1.82 bits per heavy atom. The molecule has 2 rings (SSSR count). The van der Waals surface area contributed by atoms with E-state index in [1.165, 1.54) is 12.0 Å². The second kappa shape index (κ2) is 5.19. The van der Waals surface area contributed by atoms with E-state index in [-0.39, 0.29) is 0 Å². The van der Waals surface area contributed by atoms with Crippen LogP contribution in [0, 0.1) is 5.92 Å². The highest BCUT2D eigenvalue weighted by atomic mass is 15.2. The smallest absolute Gasteiger partial charge is 0.0240 e. The van der Waals surface area contributed by atoms with Gasteiger partial charge in [0.15, 0.2) is 0 Å². The van der Waals surface area contributed by atoms with E-state index in [1.54, 1.807) is 0 Å². The molecule has 4 atom stereocenters. The molecule has 0 bridgehead atoms. The molecular formula is C15H24N2. The van der Waals surface area contributed by atoms with Crippen LogP contribution in [0.1, 0.15) is 32.8 Å². The Kier molecular flexibility index (Phi) is 3.85. The minimum atomic E-state index is 0.301. The number of rotatable bonds is 2. The van der Waals surface area contributed by atoms with Gasteiger partial charge in [-0.3, -0.25) is 4.90 Å². The maximum absolute atomic E-state index is 6.29. The summed E-state index contributed by atoms with van der Waals surface area (Å²) in [7, 11) is 0. The van der Waals surface area contributed by atoms with E-state index < -0.39 is 0 Å². The van der Waals surface area contributed by atoms with Gasteiger partial charge in [-0.15, -0.1) is 0 Å². The summed E-state index contributed by atoms with van der Waals surface area (Å²) in [5, 5.41) is 0. The summed E-state index contributed by atoms with van der Waals surface area (Å²) in [6, 6.07) is 12.1. The lowest BCUT2D eigenvalue weighted by atomic mass is 9.84. The third-order valence-electron chi connectivity index (χ3n) is 4.22. The lowest BCUT2D eigenvalue weighted by Crippen LogP contribution is -2.57. The molecule has 1 saturated heterocycles. The predicted octanol–water partition coefficient (Wildman–Crippen LogP) is 2.63. The zero-order valence-electron chi connectivity index (χ0n) is 11.1. The van der Waals surface area contributed by atoms with Gasteiger partial charge in [0.05, 0.1) is 0 Å². The highest BCUT2D eigenvalue weighted by Crippen LogP contribution is 2.28. The first-order valence-electron chi connectivity index (χ1n) is 6.65. The van der Waals surface area contributed by atoms with E-state index in [1.807, 2.05) is 0 Å². The fraction of sp³-hybridized carbons (Fsp3) is 0.600. The minimum absolute atomic E-state index is 0.301. The average molecular weight is 232 g/mol. The summed E-state index contributed by atoms with van der Waals surface area (Å²) >= 11 is 0. The van der Waals surface area contributed by atoms with Crippen LogP contribution in [0.4, 0.5) is 0 Å². The highest BCUT2D eigenvalue weighted by Gasteiger charge is 2.34. The molecule has 0 spiro atoms. The third kappa shape index (κ3) is 2.70. The largest absolute Gasteiger partial charge is 0.326 e. The van der Waals surface area contributed by atoms with Crippen LogP contribution in [-0.4, -0.2) is 23.0 Å². The van der Waals surface area contributed by atoms with Crippen molar-refractivity contribution < 1.29 is 0 Å². The molecule has 1 heterocycles. The molecule has 0 aromatic heterocycles. The van der Waals surface area contributed by atoms with E-state index in [0.29, 0.717) is 24.0 Å². The SMILES string of the molecule is CC1CC(C)N(Cc2ccccc2)C(C)C1N. The van der Waals surface area contributed by atoms with Crippen molar-refractivity contribution in [1.29, 1.82) is 0 Å². The number of piperidine rings is 1. The Labute approximate surface area is 105 Å². The first-order chi connectivity index (χ1) is 8.09. The van der Waals surface area contributed by atoms with Gasteiger partial charge in [-0.2, -0.15) is 0 Å². The van der Waals surface area contributed by atoms with E-state index in [0.717, 1.165) is 6.54 Å². The molecule has 94 valence electrons. The number of likely N-dealkylation sites (tertiary alicyclic amines) is 1. The van der Waals surface area contributed by atoms with Gasteiger partial charge in [0.1, 0.15) is 0 Å². The molecule has 0 amide bonds. The summed E-state index contributed by atoms with van der Waals surface area (Å²) in [4.78, 5) is 2.54. The molecule has 1 aromatic rings. The fourth-order valence-electron chi connectivity index (χ4n) is 3.02. The van der Waals surface area contributed by atoms with Crippen LogP contribution < -0.4 is 5.73 Å². The van der Waals surface area contributed by atoms with Crippen LogP contribution in [0.25, 0.3) is 0 Å². The van der Waals surface area contributed by atoms with Crippen molar-refractivity contribution in [2.24, 2.45) is 11.7 Å². The number of hydrogen-bond donors (Lipinski definition) is 1. The molecule has 2 nitrogen and oxygen atoms in total. The van der Waals surface area contributed by atoms with Gasteiger partial charge < -0.3 is 5.73 Å². The maximum atomic E-state index is 6.29. The van der Waals surface area contributed by atoms with Crippen molar-refractivity contribution in [2.75, 3.05) is 0 Å². The second-order valence-corrected chi connectivity index (χ2v) is 5.54. The first kappa shape index (κ1) is 12.6. The molecule has 1 fully saturated rings. The molecular weight excluding hydrogens is 208 g/mol. The topological polar surface area (TPSA) is 29.3 Å². The number of nitrogens with zero attached hydrogens (tertiary/aromatic N) is 1. The maximum Gasteiger partial charge on any atom is 0.0240 e. The van der Waals surface area contributed by atoms with Crippen molar-refractivity contribution in [3.8, 4) is 0 Å². The van der Waals surface area contributed by atoms with E-state index in [9.17, 15) is 0 Å². The number of benzene rings is 1. The quantitative estimate of drug-likeness (QED) is 0.849. The van der Waals surface area contributed by atoms with Crippen LogP contribution in [-0.2, 0) is 6.54 Å². The van der Waals surface area contributed by atoms with Crippen LogP contribution in [0.15, 0.2) is 30.3 Å². The predicted molar refractivity (Wildman–Crippen MR) is 72.7 cm³/mol. The first-order valence-corrected chi connectivity index (χ1v) is 6.65. The second-order valence-electron chi connectivity index (χ2n) is 5.54. The molecule has 2 heteroatoms. The summed E-state index contributed by atoms with van der Waals surface area (Å²) in [5.74, 6) is 0.632. The minimum Gasteiger partial charge on any atom is -0.326 e. The molecule has 17 heavy (non-hydrogen) atoms. The van der Waals surface area contributed by atoms with Crippen LogP contribution in [0.5, 0.6) is 0 Å². The van der Waals surface area contributed by atoms with Crippen molar-refractivity contribution in [2.45, 2.75) is 51.9 Å². The summed E-state index contributed by atoms with van der Waals surface area (Å²) in [6.45, 7) is 7.88. The summed E-state index contributed by atoms with van der Waals surface area (Å²) in [5.41, 5.74) is 7.67. The molecule has 0 saturated carbocycles. The standard InChI is InChI=1S/C15H24N2/c1-11-9-12(2)17(13(3)15(11)16)10-14-7-5-4-6-8-14/h4-8,11-13,15H,9-10,16H2,1-3H3. The van der Waals surface area contributed by atoms with Gasteiger partial charge >= 0.3 is 0 Å². The summed E-state index contributed by atoms with van der Waals surface area (Å²) in [6.07, 6.45) is 1.21. The Hall–Kier alpha value is -0.860. The van der Waals surface area contributed by atoms with Crippen LogP contribution in [0.3, 0.4) is 0 Å². The summed E-state index contributed by atoms with van der Waals surface area (Å²) < 4.78 is 0. The molecule has 1 aromatic carbocycles. The zero-order chi connectivity index (χ0) is 12.4. The molecule has 1 aliphatic heterocycles. The Morgan fingerprint density at radius 1 is 1.18 bits per heavy atom. The fourth-order valence-corrected chi connectivity index (χ4v) is 3.02. The van der Waals surface area contributed by atoms with E-state index in [2.05, 4.69) is 56.0 Å². The Bertz CT molecular complexity index is 349. The lowest BCUT2D eigenvalue weighted by molar-refractivity contribution is 0.0500. The Balaban J connectivity index is 2.09. The third-order valence-corrected chi connectivity index (χ3v) is 4.22. The van der Waals surface area contributed by atoms with Gasteiger partial charge in [-0.1, -0.05) is 37.3 Å². The van der Waals surface area contributed by atoms with Crippen molar-refractivity contribution in [3.05, 3.63) is 35.9 Å². The van der Waals surface area contributed by atoms with E-state index in [4.69, 9.17) is 5.73 Å². The monoisotopic (exact) mass is 232 g/mol. The molecule has 4 unspecified atom stereocenters.